The molecule has 25 heavy (non-hydrogen) atoms. The van der Waals surface area contributed by atoms with Gasteiger partial charge in [0.05, 0.1) is 19.3 Å². The summed E-state index contributed by atoms with van der Waals surface area (Å²) in [6, 6.07) is 1.89. The lowest BCUT2D eigenvalue weighted by Crippen LogP contribution is -2.50. The van der Waals surface area contributed by atoms with Crippen molar-refractivity contribution in [1.82, 2.24) is 9.80 Å². The number of likely N-dealkylation sites (tertiary alicyclic amines) is 1. The van der Waals surface area contributed by atoms with Crippen molar-refractivity contribution in [2.24, 2.45) is 17.3 Å². The third kappa shape index (κ3) is 4.57. The summed E-state index contributed by atoms with van der Waals surface area (Å²) in [5.74, 6) is -2.53. The van der Waals surface area contributed by atoms with Crippen LogP contribution in [0.5, 0.6) is 0 Å². The molecule has 138 valence electrons. The number of carbonyl (C=O) groups excluding carboxylic acids is 3. The zero-order chi connectivity index (χ0) is 18.6. The van der Waals surface area contributed by atoms with E-state index in [9.17, 15) is 19.6 Å². The van der Waals surface area contributed by atoms with Gasteiger partial charge in [0.2, 0.25) is 11.8 Å². The van der Waals surface area contributed by atoms with E-state index in [0.717, 1.165) is 0 Å². The molecular formula is C18H27N3O4. The summed E-state index contributed by atoms with van der Waals surface area (Å²) in [4.78, 5) is 41.0. The summed E-state index contributed by atoms with van der Waals surface area (Å²) in [6.45, 7) is 8.12. The lowest BCUT2D eigenvalue weighted by molar-refractivity contribution is -0.146. The van der Waals surface area contributed by atoms with E-state index in [0.29, 0.717) is 52.2 Å². The molecular weight excluding hydrogens is 322 g/mol. The molecule has 2 rings (SSSR count). The van der Waals surface area contributed by atoms with Crippen molar-refractivity contribution in [3.8, 4) is 6.07 Å². The standard InChI is InChI=1S/C18H27N3O4/c1-18(2,3)17(24)21-6-4-5-13(12-21)15(22)14(11-19)16(23)20-7-9-25-10-8-20/h13-14H,4-10,12H2,1-3H3/t13-,14+/m1/s1. The number of hydrogen-bond acceptors (Lipinski definition) is 5. The summed E-state index contributed by atoms with van der Waals surface area (Å²) < 4.78 is 5.21. The van der Waals surface area contributed by atoms with E-state index in [-0.39, 0.29) is 11.7 Å². The van der Waals surface area contributed by atoms with Gasteiger partial charge in [0.15, 0.2) is 11.7 Å². The highest BCUT2D eigenvalue weighted by Crippen LogP contribution is 2.26. The van der Waals surface area contributed by atoms with Crippen LogP contribution in [0, 0.1) is 28.6 Å². The Balaban J connectivity index is 2.05. The highest BCUT2D eigenvalue weighted by atomic mass is 16.5. The van der Waals surface area contributed by atoms with Gasteiger partial charge >= 0.3 is 0 Å². The SMILES string of the molecule is CC(C)(C)C(=O)N1CCC[C@@H](C(=O)[C@H](C#N)C(=O)N2CCOCC2)C1. The Morgan fingerprint density at radius 3 is 2.32 bits per heavy atom. The molecule has 7 heteroatoms. The Morgan fingerprint density at radius 2 is 1.76 bits per heavy atom. The van der Waals surface area contributed by atoms with E-state index < -0.39 is 23.2 Å². The number of piperidine rings is 1. The van der Waals surface area contributed by atoms with Crippen LogP contribution >= 0.6 is 0 Å². The molecule has 2 heterocycles. The molecule has 2 aliphatic heterocycles. The Bertz CT molecular complexity index is 570. The predicted molar refractivity (Wildman–Crippen MR) is 90.3 cm³/mol. The average Bonchev–Trinajstić information content (AvgIpc) is 2.61. The van der Waals surface area contributed by atoms with E-state index >= 15 is 0 Å². The van der Waals surface area contributed by atoms with Crippen molar-refractivity contribution < 1.29 is 19.1 Å². The molecule has 0 spiro atoms. The molecule has 0 aliphatic carbocycles. The zero-order valence-corrected chi connectivity index (χ0v) is 15.3. The molecule has 0 aromatic carbocycles. The first kappa shape index (κ1) is 19.4. The van der Waals surface area contributed by atoms with Gasteiger partial charge in [-0.25, -0.2) is 0 Å². The molecule has 0 aromatic heterocycles. The van der Waals surface area contributed by atoms with Crippen LogP contribution in [0.4, 0.5) is 0 Å². The molecule has 0 bridgehead atoms. The maximum atomic E-state index is 12.8. The average molecular weight is 349 g/mol. The van der Waals surface area contributed by atoms with Gasteiger partial charge in [-0.3, -0.25) is 14.4 Å². The molecule has 2 aliphatic rings. The molecule has 2 atom stereocenters. The normalized spacial score (nSPS) is 22.9. The smallest absolute Gasteiger partial charge is 0.247 e. The third-order valence-corrected chi connectivity index (χ3v) is 4.74. The van der Waals surface area contributed by atoms with Crippen LogP contribution in [0.15, 0.2) is 0 Å². The second-order valence-electron chi connectivity index (χ2n) is 7.74. The summed E-state index contributed by atoms with van der Waals surface area (Å²) >= 11 is 0. The fourth-order valence-electron chi connectivity index (χ4n) is 3.31. The third-order valence-electron chi connectivity index (χ3n) is 4.74. The summed E-state index contributed by atoms with van der Waals surface area (Å²) in [6.07, 6.45) is 1.32. The summed E-state index contributed by atoms with van der Waals surface area (Å²) in [5, 5.41) is 9.40. The molecule has 0 unspecified atom stereocenters. The van der Waals surface area contributed by atoms with Crippen LogP contribution < -0.4 is 0 Å². The van der Waals surface area contributed by atoms with Crippen LogP contribution in [0.2, 0.25) is 0 Å². The van der Waals surface area contributed by atoms with Crippen LogP contribution in [0.1, 0.15) is 33.6 Å². The minimum Gasteiger partial charge on any atom is -0.378 e. The lowest BCUT2D eigenvalue weighted by atomic mass is 9.85. The van der Waals surface area contributed by atoms with Crippen molar-refractivity contribution in [3.05, 3.63) is 0 Å². The van der Waals surface area contributed by atoms with Gasteiger partial charge in [0.25, 0.3) is 0 Å². The second kappa shape index (κ2) is 7.96. The van der Waals surface area contributed by atoms with Crippen molar-refractivity contribution in [2.75, 3.05) is 39.4 Å². The molecule has 2 fully saturated rings. The van der Waals surface area contributed by atoms with Crippen molar-refractivity contribution in [1.29, 1.82) is 5.26 Å². The van der Waals surface area contributed by atoms with Crippen LogP contribution in [-0.2, 0) is 19.1 Å². The van der Waals surface area contributed by atoms with Crippen molar-refractivity contribution >= 4 is 17.6 Å². The van der Waals surface area contributed by atoms with Crippen LogP contribution in [0.3, 0.4) is 0 Å². The Hall–Kier alpha value is -1.94. The molecule has 0 radical (unpaired) electrons. The fraction of sp³-hybridized carbons (Fsp3) is 0.778. The second-order valence-corrected chi connectivity index (χ2v) is 7.74. The van der Waals surface area contributed by atoms with Gasteiger partial charge in [-0.1, -0.05) is 20.8 Å². The maximum Gasteiger partial charge on any atom is 0.247 e. The number of carbonyl (C=O) groups is 3. The first-order valence-electron chi connectivity index (χ1n) is 8.85. The van der Waals surface area contributed by atoms with Gasteiger partial charge in [-0.15, -0.1) is 0 Å². The largest absolute Gasteiger partial charge is 0.378 e. The Morgan fingerprint density at radius 1 is 1.12 bits per heavy atom. The first-order chi connectivity index (χ1) is 11.8. The molecule has 2 amide bonds. The van der Waals surface area contributed by atoms with Crippen LogP contribution in [-0.4, -0.2) is 66.8 Å². The number of morpholine rings is 1. The van der Waals surface area contributed by atoms with E-state index in [1.165, 1.54) is 4.90 Å². The quantitative estimate of drug-likeness (QED) is 0.704. The minimum atomic E-state index is -1.28. The van der Waals surface area contributed by atoms with E-state index in [4.69, 9.17) is 4.74 Å². The number of Topliss-reactive ketones (excluding diaryl/α,β-unsaturated/α-hetero) is 1. The summed E-state index contributed by atoms with van der Waals surface area (Å²) in [5.41, 5.74) is -0.511. The summed E-state index contributed by atoms with van der Waals surface area (Å²) in [7, 11) is 0. The van der Waals surface area contributed by atoms with Gasteiger partial charge in [-0.05, 0) is 12.8 Å². The number of rotatable bonds is 3. The fourth-order valence-corrected chi connectivity index (χ4v) is 3.31. The predicted octanol–water partition coefficient (Wildman–Crippen LogP) is 0.839. The topological polar surface area (TPSA) is 90.7 Å². The van der Waals surface area contributed by atoms with Crippen molar-refractivity contribution in [2.45, 2.75) is 33.6 Å². The molecule has 2 saturated heterocycles. The number of ketones is 1. The number of amides is 2. The number of hydrogen-bond donors (Lipinski definition) is 0. The Kier molecular flexibility index (Phi) is 6.17. The van der Waals surface area contributed by atoms with Gasteiger partial charge in [0.1, 0.15) is 0 Å². The van der Waals surface area contributed by atoms with E-state index in [1.54, 1.807) is 4.90 Å². The van der Waals surface area contributed by atoms with Gasteiger partial charge in [-0.2, -0.15) is 5.26 Å². The Labute approximate surface area is 148 Å². The lowest BCUT2D eigenvalue weighted by Gasteiger charge is -2.36. The number of nitriles is 1. The zero-order valence-electron chi connectivity index (χ0n) is 15.3. The highest BCUT2D eigenvalue weighted by Gasteiger charge is 2.39. The molecule has 0 N–H and O–H groups in total. The van der Waals surface area contributed by atoms with Crippen LogP contribution in [0.25, 0.3) is 0 Å². The monoisotopic (exact) mass is 349 g/mol. The number of nitrogens with zero attached hydrogens (tertiary/aromatic N) is 3. The first-order valence-corrected chi connectivity index (χ1v) is 8.85. The molecule has 7 nitrogen and oxygen atoms in total. The maximum absolute atomic E-state index is 12.8. The molecule has 0 saturated carbocycles. The van der Waals surface area contributed by atoms with Gasteiger partial charge < -0.3 is 14.5 Å². The van der Waals surface area contributed by atoms with Crippen molar-refractivity contribution in [3.63, 3.8) is 0 Å². The number of ether oxygens (including phenoxy) is 1. The highest BCUT2D eigenvalue weighted by molar-refractivity contribution is 6.05. The minimum absolute atomic E-state index is 0.00184. The van der Waals surface area contributed by atoms with E-state index in [2.05, 4.69) is 0 Å². The van der Waals surface area contributed by atoms with Gasteiger partial charge in [0, 0.05) is 37.5 Å². The molecule has 0 aromatic rings. The van der Waals surface area contributed by atoms with E-state index in [1.807, 2.05) is 26.8 Å².